The Hall–Kier alpha value is -0.650. The smallest absolute Gasteiger partial charge is 0.222 e. The van der Waals surface area contributed by atoms with Crippen molar-refractivity contribution in [3.63, 3.8) is 0 Å². The number of ether oxygens (including phenoxy) is 1. The van der Waals surface area contributed by atoms with Crippen molar-refractivity contribution in [1.82, 2.24) is 15.5 Å². The molecule has 2 N–H and O–H groups in total. The van der Waals surface area contributed by atoms with Crippen LogP contribution in [0.25, 0.3) is 0 Å². The number of piperidine rings is 2. The highest BCUT2D eigenvalue weighted by Crippen LogP contribution is 2.18. The van der Waals surface area contributed by atoms with E-state index in [2.05, 4.69) is 15.5 Å². The van der Waals surface area contributed by atoms with E-state index in [-0.39, 0.29) is 5.91 Å². The molecule has 0 saturated carbocycles. The fraction of sp³-hybridized carbons (Fsp3) is 0.933. The lowest BCUT2D eigenvalue weighted by Gasteiger charge is -2.35. The second-order valence-corrected chi connectivity index (χ2v) is 5.99. The first-order chi connectivity index (χ1) is 9.78. The Bertz CT molecular complexity index is 285. The molecule has 0 spiro atoms. The monoisotopic (exact) mass is 283 g/mol. The van der Waals surface area contributed by atoms with Gasteiger partial charge in [-0.05, 0) is 44.7 Å². The first kappa shape index (κ1) is 15.7. The average Bonchev–Trinajstić information content (AvgIpc) is 2.50. The molecular formula is C15H29N3O2. The van der Waals surface area contributed by atoms with Crippen molar-refractivity contribution < 1.29 is 9.53 Å². The van der Waals surface area contributed by atoms with E-state index in [9.17, 15) is 4.79 Å². The number of likely N-dealkylation sites (tertiary alicyclic amines) is 1. The minimum absolute atomic E-state index is 0.0633. The summed E-state index contributed by atoms with van der Waals surface area (Å²) in [6, 6.07) is 0. The standard InChI is InChI=1S/C15H29N3O2/c1-16-15(19)6-11-20-14-4-9-18(10-5-14)12-13-2-7-17-8-3-13/h13-14,17H,2-12H2,1H3,(H,16,19). The third kappa shape index (κ3) is 5.38. The van der Waals surface area contributed by atoms with Gasteiger partial charge in [0.05, 0.1) is 12.7 Å². The van der Waals surface area contributed by atoms with Crippen molar-refractivity contribution in [2.75, 3.05) is 46.4 Å². The van der Waals surface area contributed by atoms with Crippen LogP contribution < -0.4 is 10.6 Å². The molecule has 0 unspecified atom stereocenters. The summed E-state index contributed by atoms with van der Waals surface area (Å²) in [6.45, 7) is 6.47. The van der Waals surface area contributed by atoms with E-state index in [0.29, 0.717) is 19.1 Å². The molecule has 0 radical (unpaired) electrons. The zero-order valence-electron chi connectivity index (χ0n) is 12.7. The van der Waals surface area contributed by atoms with Gasteiger partial charge in [-0.1, -0.05) is 0 Å². The normalized spacial score (nSPS) is 22.9. The van der Waals surface area contributed by atoms with Crippen LogP contribution in [0.1, 0.15) is 32.1 Å². The molecule has 0 aromatic carbocycles. The molecule has 0 aliphatic carbocycles. The predicted octanol–water partition coefficient (Wildman–Crippen LogP) is 0.603. The lowest BCUT2D eigenvalue weighted by Crippen LogP contribution is -2.42. The fourth-order valence-corrected chi connectivity index (χ4v) is 3.13. The quantitative estimate of drug-likeness (QED) is 0.750. The number of hydrogen-bond acceptors (Lipinski definition) is 4. The van der Waals surface area contributed by atoms with Gasteiger partial charge in [-0.2, -0.15) is 0 Å². The van der Waals surface area contributed by atoms with Crippen LogP contribution in [0, 0.1) is 5.92 Å². The summed E-state index contributed by atoms with van der Waals surface area (Å²) >= 11 is 0. The topological polar surface area (TPSA) is 53.6 Å². The highest BCUT2D eigenvalue weighted by Gasteiger charge is 2.23. The molecule has 2 fully saturated rings. The van der Waals surface area contributed by atoms with Gasteiger partial charge in [0.2, 0.25) is 5.91 Å². The van der Waals surface area contributed by atoms with Crippen LogP contribution in [-0.4, -0.2) is 63.3 Å². The molecule has 2 saturated heterocycles. The van der Waals surface area contributed by atoms with Gasteiger partial charge in [0.1, 0.15) is 0 Å². The van der Waals surface area contributed by atoms with Gasteiger partial charge in [-0.15, -0.1) is 0 Å². The Morgan fingerprint density at radius 2 is 1.95 bits per heavy atom. The molecule has 2 aliphatic rings. The second-order valence-electron chi connectivity index (χ2n) is 5.99. The molecule has 2 rings (SSSR count). The molecule has 0 aromatic heterocycles. The SMILES string of the molecule is CNC(=O)CCOC1CCN(CC2CCNCC2)CC1. The molecule has 5 nitrogen and oxygen atoms in total. The third-order valence-corrected chi connectivity index (χ3v) is 4.47. The number of rotatable bonds is 6. The number of amides is 1. The Labute approximate surface area is 122 Å². The van der Waals surface area contributed by atoms with Crippen LogP contribution in [0.4, 0.5) is 0 Å². The van der Waals surface area contributed by atoms with Crippen LogP contribution in [-0.2, 0) is 9.53 Å². The molecule has 2 heterocycles. The average molecular weight is 283 g/mol. The molecule has 20 heavy (non-hydrogen) atoms. The minimum Gasteiger partial charge on any atom is -0.378 e. The molecule has 0 aromatic rings. The lowest BCUT2D eigenvalue weighted by molar-refractivity contribution is -0.122. The summed E-state index contributed by atoms with van der Waals surface area (Å²) < 4.78 is 5.80. The van der Waals surface area contributed by atoms with Crippen LogP contribution >= 0.6 is 0 Å². The zero-order valence-corrected chi connectivity index (χ0v) is 12.7. The Morgan fingerprint density at radius 3 is 2.60 bits per heavy atom. The highest BCUT2D eigenvalue weighted by atomic mass is 16.5. The number of hydrogen-bond donors (Lipinski definition) is 2. The maximum atomic E-state index is 11.1. The summed E-state index contributed by atoms with van der Waals surface area (Å²) in [5, 5.41) is 6.05. The first-order valence-corrected chi connectivity index (χ1v) is 8.03. The number of carbonyl (C=O) groups is 1. The summed E-state index contributed by atoms with van der Waals surface area (Å²) in [5.41, 5.74) is 0. The molecule has 5 heteroatoms. The third-order valence-electron chi connectivity index (χ3n) is 4.47. The Kier molecular flexibility index (Phi) is 6.76. The van der Waals surface area contributed by atoms with Gasteiger partial charge in [0.25, 0.3) is 0 Å². The Balaban J connectivity index is 1.56. The van der Waals surface area contributed by atoms with E-state index in [1.54, 1.807) is 7.05 Å². The van der Waals surface area contributed by atoms with Crippen LogP contribution in [0.2, 0.25) is 0 Å². The van der Waals surface area contributed by atoms with Gasteiger partial charge in [0.15, 0.2) is 0 Å². The molecular weight excluding hydrogens is 254 g/mol. The first-order valence-electron chi connectivity index (χ1n) is 8.03. The van der Waals surface area contributed by atoms with Crippen molar-refractivity contribution in [3.05, 3.63) is 0 Å². The van der Waals surface area contributed by atoms with Crippen molar-refractivity contribution >= 4 is 5.91 Å². The summed E-state index contributed by atoms with van der Waals surface area (Å²) in [4.78, 5) is 13.7. The van der Waals surface area contributed by atoms with Crippen LogP contribution in [0.15, 0.2) is 0 Å². The van der Waals surface area contributed by atoms with E-state index in [1.165, 1.54) is 32.5 Å². The second kappa shape index (κ2) is 8.60. The maximum Gasteiger partial charge on any atom is 0.222 e. The molecule has 116 valence electrons. The molecule has 2 aliphatic heterocycles. The van der Waals surface area contributed by atoms with Gasteiger partial charge < -0.3 is 20.3 Å². The summed E-state index contributed by atoms with van der Waals surface area (Å²) in [6.07, 6.45) is 5.69. The number of carbonyl (C=O) groups excluding carboxylic acids is 1. The number of nitrogens with zero attached hydrogens (tertiary/aromatic N) is 1. The van der Waals surface area contributed by atoms with Crippen molar-refractivity contribution in [3.8, 4) is 0 Å². The summed E-state index contributed by atoms with van der Waals surface area (Å²) in [7, 11) is 1.67. The Morgan fingerprint density at radius 1 is 1.25 bits per heavy atom. The lowest BCUT2D eigenvalue weighted by atomic mass is 9.96. The van der Waals surface area contributed by atoms with Gasteiger partial charge in [0, 0.05) is 33.1 Å². The van der Waals surface area contributed by atoms with E-state index in [1.807, 2.05) is 0 Å². The highest BCUT2D eigenvalue weighted by molar-refractivity contribution is 5.75. The van der Waals surface area contributed by atoms with Crippen molar-refractivity contribution in [2.24, 2.45) is 5.92 Å². The van der Waals surface area contributed by atoms with E-state index < -0.39 is 0 Å². The maximum absolute atomic E-state index is 11.1. The summed E-state index contributed by atoms with van der Waals surface area (Å²) in [5.74, 6) is 0.940. The van der Waals surface area contributed by atoms with Gasteiger partial charge >= 0.3 is 0 Å². The van der Waals surface area contributed by atoms with Crippen LogP contribution in [0.5, 0.6) is 0 Å². The molecule has 1 amide bonds. The largest absolute Gasteiger partial charge is 0.378 e. The fourth-order valence-electron chi connectivity index (χ4n) is 3.13. The molecule has 0 atom stereocenters. The minimum atomic E-state index is 0.0633. The van der Waals surface area contributed by atoms with Crippen LogP contribution in [0.3, 0.4) is 0 Å². The zero-order chi connectivity index (χ0) is 14.2. The van der Waals surface area contributed by atoms with Crippen molar-refractivity contribution in [1.29, 1.82) is 0 Å². The van der Waals surface area contributed by atoms with E-state index >= 15 is 0 Å². The molecule has 0 bridgehead atoms. The van der Waals surface area contributed by atoms with Gasteiger partial charge in [-0.3, -0.25) is 4.79 Å². The predicted molar refractivity (Wildman–Crippen MR) is 79.7 cm³/mol. The van der Waals surface area contributed by atoms with Gasteiger partial charge in [-0.25, -0.2) is 0 Å². The number of nitrogens with one attached hydrogen (secondary N) is 2. The van der Waals surface area contributed by atoms with E-state index in [0.717, 1.165) is 31.8 Å². The van der Waals surface area contributed by atoms with Crippen molar-refractivity contribution in [2.45, 2.75) is 38.2 Å². The van der Waals surface area contributed by atoms with E-state index in [4.69, 9.17) is 4.74 Å².